The minimum Gasteiger partial charge on any atom is -0.384 e. The number of sulfonamides is 1. The molecule has 0 bridgehead atoms. The van der Waals surface area contributed by atoms with E-state index in [9.17, 15) is 18.3 Å². The summed E-state index contributed by atoms with van der Waals surface area (Å²) in [6, 6.07) is 0. The number of rotatable bonds is 4. The van der Waals surface area contributed by atoms with Crippen LogP contribution in [0.25, 0.3) is 0 Å². The van der Waals surface area contributed by atoms with Gasteiger partial charge in [-0.2, -0.15) is 0 Å². The summed E-state index contributed by atoms with van der Waals surface area (Å²) in [5.74, 6) is -0.288. The first-order valence-electron chi connectivity index (χ1n) is 9.59. The molecule has 0 fully saturated rings. The average Bonchev–Trinajstić information content (AvgIpc) is 2.88. The smallest absolute Gasteiger partial charge is 0.221 e. The predicted octanol–water partition coefficient (Wildman–Crippen LogP) is 2.90. The van der Waals surface area contributed by atoms with Gasteiger partial charge in [0, 0.05) is 43.0 Å². The fourth-order valence-corrected chi connectivity index (χ4v) is 6.13. The van der Waals surface area contributed by atoms with Gasteiger partial charge in [0.25, 0.3) is 0 Å². The Kier molecular flexibility index (Phi) is 5.23. The summed E-state index contributed by atoms with van der Waals surface area (Å²) in [5, 5.41) is 10.4. The average molecular weight is 407 g/mol. The molecule has 154 valence electrons. The van der Waals surface area contributed by atoms with Gasteiger partial charge < -0.3 is 10.1 Å². The molecule has 2 aliphatic carbocycles. The van der Waals surface area contributed by atoms with E-state index in [-0.39, 0.29) is 17.1 Å². The van der Waals surface area contributed by atoms with Gasteiger partial charge in [0.2, 0.25) is 10.0 Å². The molecule has 3 unspecified atom stereocenters. The molecule has 0 amide bonds. The lowest BCUT2D eigenvalue weighted by Gasteiger charge is -2.33. The third-order valence-electron chi connectivity index (χ3n) is 5.82. The zero-order valence-electron chi connectivity index (χ0n) is 17.4. The third-order valence-corrected chi connectivity index (χ3v) is 8.18. The summed E-state index contributed by atoms with van der Waals surface area (Å²) in [6.07, 6.45) is 5.26. The number of aliphatic hydroxyl groups excluding tert-OH is 1. The topological polar surface area (TPSA) is 90.5 Å². The second-order valence-electron chi connectivity index (χ2n) is 9.02. The number of Topliss-reactive ketones (excluding diaryl/α,β-unsaturated/α-hetero) is 1. The molecule has 0 aliphatic heterocycles. The zero-order valence-corrected chi connectivity index (χ0v) is 18.2. The van der Waals surface area contributed by atoms with Gasteiger partial charge in [-0.3, -0.25) is 4.79 Å². The predicted molar refractivity (Wildman–Crippen MR) is 110 cm³/mol. The molecule has 7 heteroatoms. The molecule has 0 saturated heterocycles. The van der Waals surface area contributed by atoms with Gasteiger partial charge in [0.15, 0.2) is 5.78 Å². The van der Waals surface area contributed by atoms with E-state index >= 15 is 0 Å². The molecule has 28 heavy (non-hydrogen) atoms. The van der Waals surface area contributed by atoms with Crippen LogP contribution in [0.15, 0.2) is 23.8 Å². The van der Waals surface area contributed by atoms with E-state index in [0.29, 0.717) is 28.8 Å². The van der Waals surface area contributed by atoms with Crippen molar-refractivity contribution in [2.24, 2.45) is 11.3 Å². The first-order chi connectivity index (χ1) is 12.9. The van der Waals surface area contributed by atoms with Crippen molar-refractivity contribution in [2.75, 3.05) is 14.1 Å². The molecular weight excluding hydrogens is 376 g/mol. The summed E-state index contributed by atoms with van der Waals surface area (Å²) in [5.41, 5.74) is 2.87. The molecule has 2 N–H and O–H groups in total. The Bertz CT molecular complexity index is 967. The van der Waals surface area contributed by atoms with Crippen molar-refractivity contribution in [3.8, 4) is 0 Å². The summed E-state index contributed by atoms with van der Waals surface area (Å²) >= 11 is 0. The number of aromatic amines is 1. The highest BCUT2D eigenvalue weighted by Crippen LogP contribution is 2.42. The summed E-state index contributed by atoms with van der Waals surface area (Å²) in [4.78, 5) is 16.2. The Morgan fingerprint density at radius 3 is 2.54 bits per heavy atom. The van der Waals surface area contributed by atoms with Crippen LogP contribution in [0.2, 0.25) is 0 Å². The molecule has 1 aromatic rings. The Hall–Kier alpha value is -1.70. The van der Waals surface area contributed by atoms with Crippen molar-refractivity contribution in [2.45, 2.75) is 51.9 Å². The number of aliphatic hydroxyl groups is 1. The van der Waals surface area contributed by atoms with E-state index < -0.39 is 21.4 Å². The molecule has 3 rings (SSSR count). The van der Waals surface area contributed by atoms with Gasteiger partial charge in [-0.25, -0.2) is 12.7 Å². The van der Waals surface area contributed by atoms with E-state index in [1.54, 1.807) is 12.2 Å². The second kappa shape index (κ2) is 6.97. The molecule has 6 nitrogen and oxygen atoms in total. The minimum atomic E-state index is -3.64. The number of carbonyl (C=O) groups excluding carboxylic acids is 1. The van der Waals surface area contributed by atoms with Crippen LogP contribution >= 0.6 is 0 Å². The van der Waals surface area contributed by atoms with Crippen molar-refractivity contribution < 1.29 is 18.3 Å². The van der Waals surface area contributed by atoms with Crippen molar-refractivity contribution in [1.82, 2.24) is 9.29 Å². The van der Waals surface area contributed by atoms with Crippen LogP contribution in [-0.4, -0.2) is 47.9 Å². The number of aromatic nitrogens is 1. The number of nitrogens with one attached hydrogen (secondary N) is 1. The maximum Gasteiger partial charge on any atom is 0.221 e. The molecule has 1 aromatic heterocycles. The molecule has 0 radical (unpaired) electrons. The largest absolute Gasteiger partial charge is 0.384 e. The van der Waals surface area contributed by atoms with Crippen LogP contribution < -0.4 is 0 Å². The minimum absolute atomic E-state index is 0.00309. The molecule has 0 aromatic carbocycles. The number of ketones is 1. The summed E-state index contributed by atoms with van der Waals surface area (Å²) in [7, 11) is -0.643. The van der Waals surface area contributed by atoms with Gasteiger partial charge in [0.1, 0.15) is 11.4 Å². The Morgan fingerprint density at radius 2 is 1.93 bits per heavy atom. The maximum atomic E-state index is 13.0. The number of H-pyrrole nitrogens is 1. The molecule has 1 heterocycles. The van der Waals surface area contributed by atoms with Crippen LogP contribution in [0, 0.1) is 18.3 Å². The number of nitrogens with zero attached hydrogens (tertiary/aromatic N) is 1. The van der Waals surface area contributed by atoms with Crippen molar-refractivity contribution in [3.63, 3.8) is 0 Å². The fourth-order valence-electron chi connectivity index (χ4n) is 4.49. The van der Waals surface area contributed by atoms with Crippen LogP contribution in [0.4, 0.5) is 0 Å². The Labute approximate surface area is 167 Å². The van der Waals surface area contributed by atoms with Crippen LogP contribution in [0.3, 0.4) is 0 Å². The van der Waals surface area contributed by atoms with Crippen LogP contribution in [0.1, 0.15) is 60.6 Å². The molecule has 2 aliphatic rings. The van der Waals surface area contributed by atoms with Crippen LogP contribution in [-0.2, 0) is 16.4 Å². The summed E-state index contributed by atoms with van der Waals surface area (Å²) in [6.45, 7) is 7.76. The number of allylic oxidation sites excluding steroid dienone is 3. The maximum absolute atomic E-state index is 13.0. The Morgan fingerprint density at radius 1 is 1.29 bits per heavy atom. The standard InChI is InChI=1S/C21H30N2O4S/c1-12-8-7-9-14(20(12)28(26,27)23(5)6)19(25)17-13(2)22-15-10-21(3,4)11-16(24)18(15)17/h7-9,12,19-20,22,25H,10-11H2,1-6H3. The highest BCUT2D eigenvalue weighted by atomic mass is 32.2. The number of hydrogen-bond donors (Lipinski definition) is 2. The third kappa shape index (κ3) is 3.40. The normalized spacial score (nSPS) is 25.6. The van der Waals surface area contributed by atoms with Crippen molar-refractivity contribution >= 4 is 15.8 Å². The summed E-state index contributed by atoms with van der Waals surface area (Å²) < 4.78 is 27.1. The highest BCUT2D eigenvalue weighted by molar-refractivity contribution is 7.89. The van der Waals surface area contributed by atoms with E-state index in [0.717, 1.165) is 12.1 Å². The number of fused-ring (bicyclic) bond motifs is 1. The number of carbonyl (C=O) groups is 1. The highest BCUT2D eigenvalue weighted by Gasteiger charge is 2.42. The Balaban J connectivity index is 2.11. The SMILES string of the molecule is Cc1[nH]c2c(c1C(O)C1=CC=CC(C)C1S(=O)(=O)N(C)C)C(=O)CC(C)(C)C2. The molecular formula is C21H30N2O4S. The van der Waals surface area contributed by atoms with Crippen molar-refractivity contribution in [1.29, 1.82) is 0 Å². The van der Waals surface area contributed by atoms with Crippen LogP contribution in [0.5, 0.6) is 0 Å². The molecule has 0 spiro atoms. The lowest BCUT2D eigenvalue weighted by atomic mass is 9.74. The van der Waals surface area contributed by atoms with Gasteiger partial charge in [0.05, 0.1) is 0 Å². The van der Waals surface area contributed by atoms with Crippen molar-refractivity contribution in [3.05, 3.63) is 46.3 Å². The lowest BCUT2D eigenvalue weighted by Crippen LogP contribution is -2.40. The van der Waals surface area contributed by atoms with Gasteiger partial charge in [-0.1, -0.05) is 39.0 Å². The zero-order chi connectivity index (χ0) is 21.0. The first-order valence-corrected chi connectivity index (χ1v) is 11.1. The lowest BCUT2D eigenvalue weighted by molar-refractivity contribution is 0.0906. The number of aryl methyl sites for hydroxylation is 1. The quantitative estimate of drug-likeness (QED) is 0.804. The first kappa shape index (κ1) is 21.0. The van der Waals surface area contributed by atoms with E-state index in [4.69, 9.17) is 0 Å². The molecule has 0 saturated carbocycles. The number of hydrogen-bond acceptors (Lipinski definition) is 4. The second-order valence-corrected chi connectivity index (χ2v) is 11.3. The fraction of sp³-hybridized carbons (Fsp3) is 0.571. The van der Waals surface area contributed by atoms with E-state index in [2.05, 4.69) is 18.8 Å². The van der Waals surface area contributed by atoms with Gasteiger partial charge in [-0.05, 0) is 30.3 Å². The van der Waals surface area contributed by atoms with E-state index in [1.807, 2.05) is 19.9 Å². The monoisotopic (exact) mass is 406 g/mol. The van der Waals surface area contributed by atoms with Gasteiger partial charge >= 0.3 is 0 Å². The van der Waals surface area contributed by atoms with E-state index in [1.165, 1.54) is 18.4 Å². The molecule has 3 atom stereocenters. The van der Waals surface area contributed by atoms with Gasteiger partial charge in [-0.15, -0.1) is 0 Å².